The van der Waals surface area contributed by atoms with Gasteiger partial charge < -0.3 is 10.1 Å². The van der Waals surface area contributed by atoms with Crippen LogP contribution in [0.15, 0.2) is 42.5 Å². The number of nitro benzene ring substituents is 1. The second-order valence-electron chi connectivity index (χ2n) is 5.41. The summed E-state index contributed by atoms with van der Waals surface area (Å²) in [6.07, 6.45) is -0.837. The fourth-order valence-corrected chi connectivity index (χ4v) is 2.76. The molecule has 0 saturated carbocycles. The highest BCUT2D eigenvalue weighted by Gasteiger charge is 2.20. The third kappa shape index (κ3) is 5.08. The molecule has 132 valence electrons. The molecule has 0 spiro atoms. The van der Waals surface area contributed by atoms with Crippen molar-refractivity contribution in [3.63, 3.8) is 0 Å². The molecule has 0 radical (unpaired) electrons. The van der Waals surface area contributed by atoms with Gasteiger partial charge in [0, 0.05) is 16.1 Å². The van der Waals surface area contributed by atoms with E-state index < -0.39 is 11.0 Å². The molecule has 0 unspecified atom stereocenters. The van der Waals surface area contributed by atoms with Crippen molar-refractivity contribution >= 4 is 34.8 Å². The number of nitro groups is 1. The van der Waals surface area contributed by atoms with E-state index in [1.165, 1.54) is 18.2 Å². The largest absolute Gasteiger partial charge is 0.481 e. The number of nitrogens with zero attached hydrogens (tertiary/aromatic N) is 1. The lowest BCUT2D eigenvalue weighted by Gasteiger charge is -2.20. The summed E-state index contributed by atoms with van der Waals surface area (Å²) in [4.78, 5) is 22.5. The third-order valence-corrected chi connectivity index (χ3v) is 4.06. The van der Waals surface area contributed by atoms with Gasteiger partial charge in [0.1, 0.15) is 5.75 Å². The van der Waals surface area contributed by atoms with Gasteiger partial charge in [-0.25, -0.2) is 0 Å². The zero-order valence-corrected chi connectivity index (χ0v) is 15.0. The van der Waals surface area contributed by atoms with E-state index in [9.17, 15) is 14.9 Å². The lowest BCUT2D eigenvalue weighted by molar-refractivity contribution is -0.384. The second-order valence-corrected chi connectivity index (χ2v) is 6.25. The summed E-state index contributed by atoms with van der Waals surface area (Å²) in [6.45, 7) is 3.34. The number of non-ortho nitro benzene ring substituents is 1. The minimum atomic E-state index is -0.837. The van der Waals surface area contributed by atoms with E-state index in [2.05, 4.69) is 5.32 Å². The van der Waals surface area contributed by atoms with Crippen molar-refractivity contribution in [2.75, 3.05) is 0 Å². The Hall–Kier alpha value is -2.31. The first kappa shape index (κ1) is 19.0. The van der Waals surface area contributed by atoms with Crippen LogP contribution in [-0.2, 0) is 4.79 Å². The number of hydrogen-bond donors (Lipinski definition) is 1. The van der Waals surface area contributed by atoms with Gasteiger partial charge in [-0.1, -0.05) is 35.3 Å². The zero-order valence-electron chi connectivity index (χ0n) is 13.5. The lowest BCUT2D eigenvalue weighted by atomic mass is 10.1. The molecule has 0 fully saturated rings. The van der Waals surface area contributed by atoms with Crippen LogP contribution in [0.4, 0.5) is 5.69 Å². The maximum Gasteiger partial charge on any atom is 0.273 e. The van der Waals surface area contributed by atoms with E-state index in [1.807, 2.05) is 0 Å². The summed E-state index contributed by atoms with van der Waals surface area (Å²) in [5.41, 5.74) is 0.619. The molecule has 2 aromatic carbocycles. The van der Waals surface area contributed by atoms with E-state index in [-0.39, 0.29) is 23.4 Å². The first-order valence-corrected chi connectivity index (χ1v) is 8.20. The van der Waals surface area contributed by atoms with Crippen LogP contribution >= 0.6 is 23.2 Å². The highest BCUT2D eigenvalue weighted by atomic mass is 35.5. The summed E-state index contributed by atoms with van der Waals surface area (Å²) < 4.78 is 5.48. The van der Waals surface area contributed by atoms with Gasteiger partial charge in [0.15, 0.2) is 6.10 Å². The molecule has 0 aromatic heterocycles. The lowest BCUT2D eigenvalue weighted by Crippen LogP contribution is -2.37. The normalized spacial score (nSPS) is 13.0. The van der Waals surface area contributed by atoms with Gasteiger partial charge >= 0.3 is 0 Å². The molecule has 0 heterocycles. The van der Waals surface area contributed by atoms with E-state index in [4.69, 9.17) is 27.9 Å². The van der Waals surface area contributed by atoms with Gasteiger partial charge in [0.2, 0.25) is 0 Å². The number of ether oxygens (including phenoxy) is 1. The van der Waals surface area contributed by atoms with Crippen molar-refractivity contribution in [2.24, 2.45) is 0 Å². The average molecular weight is 383 g/mol. The maximum absolute atomic E-state index is 12.3. The van der Waals surface area contributed by atoms with E-state index >= 15 is 0 Å². The molecule has 8 heteroatoms. The van der Waals surface area contributed by atoms with Gasteiger partial charge in [-0.15, -0.1) is 0 Å². The van der Waals surface area contributed by atoms with Crippen LogP contribution in [-0.4, -0.2) is 16.9 Å². The monoisotopic (exact) mass is 382 g/mol. The number of carbonyl (C=O) groups excluding carboxylic acids is 1. The van der Waals surface area contributed by atoms with Crippen molar-refractivity contribution in [1.29, 1.82) is 0 Å². The summed E-state index contributed by atoms with van der Waals surface area (Å²) >= 11 is 12.0. The minimum Gasteiger partial charge on any atom is -0.481 e. The molecular formula is C17H16Cl2N2O4. The first-order valence-electron chi connectivity index (χ1n) is 7.44. The highest BCUT2D eigenvalue weighted by Crippen LogP contribution is 2.26. The van der Waals surface area contributed by atoms with Crippen LogP contribution in [0.1, 0.15) is 25.5 Å². The summed E-state index contributed by atoms with van der Waals surface area (Å²) in [5.74, 6) is -0.126. The second kappa shape index (κ2) is 8.18. The Kier molecular flexibility index (Phi) is 6.22. The predicted octanol–water partition coefficient (Wildman–Crippen LogP) is 4.55. The molecule has 0 aliphatic rings. The SMILES string of the molecule is C[C@@H](Oc1cccc([N+](=O)[O-])c1)C(=O)N[C@H](C)c1ccc(Cl)cc1Cl. The summed E-state index contributed by atoms with van der Waals surface area (Å²) in [7, 11) is 0. The molecule has 1 amide bonds. The van der Waals surface area contributed by atoms with Crippen molar-refractivity contribution in [3.8, 4) is 5.75 Å². The molecule has 6 nitrogen and oxygen atoms in total. The van der Waals surface area contributed by atoms with Crippen molar-refractivity contribution in [2.45, 2.75) is 26.0 Å². The number of halogens is 2. The number of carbonyl (C=O) groups is 1. The topological polar surface area (TPSA) is 81.5 Å². The van der Waals surface area contributed by atoms with Crippen LogP contribution in [0.3, 0.4) is 0 Å². The van der Waals surface area contributed by atoms with Gasteiger partial charge in [-0.3, -0.25) is 14.9 Å². The molecule has 0 bridgehead atoms. The van der Waals surface area contributed by atoms with Gasteiger partial charge in [0.25, 0.3) is 11.6 Å². The average Bonchev–Trinajstić information content (AvgIpc) is 2.54. The quantitative estimate of drug-likeness (QED) is 0.586. The highest BCUT2D eigenvalue weighted by molar-refractivity contribution is 6.35. The smallest absolute Gasteiger partial charge is 0.273 e. The Morgan fingerprint density at radius 2 is 1.92 bits per heavy atom. The number of nitrogens with one attached hydrogen (secondary N) is 1. The number of rotatable bonds is 6. The summed E-state index contributed by atoms with van der Waals surface area (Å²) in [5, 5.41) is 14.5. The van der Waals surface area contributed by atoms with Gasteiger partial charge in [0.05, 0.1) is 17.0 Å². The Morgan fingerprint density at radius 3 is 2.56 bits per heavy atom. The van der Waals surface area contributed by atoms with Crippen LogP contribution < -0.4 is 10.1 Å². The third-order valence-electron chi connectivity index (χ3n) is 3.50. The maximum atomic E-state index is 12.3. The summed E-state index contributed by atoms with van der Waals surface area (Å²) in [6, 6.07) is 10.3. The molecule has 2 aromatic rings. The predicted molar refractivity (Wildman–Crippen MR) is 96.2 cm³/mol. The molecule has 0 saturated heterocycles. The van der Waals surface area contributed by atoms with Crippen molar-refractivity contribution in [3.05, 3.63) is 68.2 Å². The molecule has 2 rings (SSSR count). The molecular weight excluding hydrogens is 367 g/mol. The molecule has 1 N–H and O–H groups in total. The van der Waals surface area contributed by atoms with E-state index in [1.54, 1.807) is 38.1 Å². The van der Waals surface area contributed by atoms with Crippen LogP contribution in [0.2, 0.25) is 10.0 Å². The zero-order chi connectivity index (χ0) is 18.6. The number of benzene rings is 2. The Bertz CT molecular complexity index is 798. The van der Waals surface area contributed by atoms with Gasteiger partial charge in [-0.2, -0.15) is 0 Å². The van der Waals surface area contributed by atoms with Crippen LogP contribution in [0, 0.1) is 10.1 Å². The molecule has 25 heavy (non-hydrogen) atoms. The van der Waals surface area contributed by atoms with Crippen molar-refractivity contribution < 1.29 is 14.5 Å². The molecule has 2 atom stereocenters. The van der Waals surface area contributed by atoms with Crippen LogP contribution in [0.5, 0.6) is 5.75 Å². The standard InChI is InChI=1S/C17H16Cl2N2O4/c1-10(15-7-6-12(18)8-16(15)19)20-17(22)11(2)25-14-5-3-4-13(9-14)21(23)24/h3-11H,1-2H3,(H,20,22)/t10-,11-/m1/s1. The van der Waals surface area contributed by atoms with Crippen LogP contribution in [0.25, 0.3) is 0 Å². The Balaban J connectivity index is 2.02. The minimum absolute atomic E-state index is 0.105. The van der Waals surface area contributed by atoms with Crippen molar-refractivity contribution in [1.82, 2.24) is 5.32 Å². The molecule has 0 aliphatic carbocycles. The Labute approximate surface area is 154 Å². The molecule has 0 aliphatic heterocycles. The number of amides is 1. The number of hydrogen-bond acceptors (Lipinski definition) is 4. The Morgan fingerprint density at radius 1 is 1.20 bits per heavy atom. The van der Waals surface area contributed by atoms with Gasteiger partial charge in [-0.05, 0) is 37.6 Å². The first-order chi connectivity index (χ1) is 11.8. The fourth-order valence-electron chi connectivity index (χ4n) is 2.19. The van der Waals surface area contributed by atoms with E-state index in [0.717, 1.165) is 5.56 Å². The fraction of sp³-hybridized carbons (Fsp3) is 0.235. The van der Waals surface area contributed by atoms with E-state index in [0.29, 0.717) is 10.0 Å².